The van der Waals surface area contributed by atoms with Crippen LogP contribution in [-0.2, 0) is 6.42 Å². The zero-order valence-corrected chi connectivity index (χ0v) is 17.7. The van der Waals surface area contributed by atoms with E-state index in [9.17, 15) is 14.9 Å². The van der Waals surface area contributed by atoms with Crippen molar-refractivity contribution in [3.63, 3.8) is 0 Å². The first-order valence-corrected chi connectivity index (χ1v) is 10.4. The Labute approximate surface area is 177 Å². The van der Waals surface area contributed by atoms with Gasteiger partial charge in [-0.3, -0.25) is 20.2 Å². The highest BCUT2D eigenvalue weighted by atomic mass is 32.1. The number of hydrogen-bond donors (Lipinski definition) is 2. The molecular formula is C20H20N4O3S2. The Balaban J connectivity index is 1.66. The van der Waals surface area contributed by atoms with Gasteiger partial charge in [-0.1, -0.05) is 30.7 Å². The molecule has 0 aliphatic heterocycles. The van der Waals surface area contributed by atoms with Crippen molar-refractivity contribution < 1.29 is 9.72 Å². The van der Waals surface area contributed by atoms with Crippen molar-refractivity contribution in [2.75, 3.05) is 5.32 Å². The van der Waals surface area contributed by atoms with Gasteiger partial charge >= 0.3 is 0 Å². The van der Waals surface area contributed by atoms with Crippen LogP contribution in [0, 0.1) is 17.0 Å². The van der Waals surface area contributed by atoms with Crippen molar-refractivity contribution >= 4 is 55.6 Å². The zero-order chi connectivity index (χ0) is 21.0. The maximum Gasteiger partial charge on any atom is 0.272 e. The van der Waals surface area contributed by atoms with Crippen LogP contribution >= 0.6 is 23.6 Å². The van der Waals surface area contributed by atoms with Gasteiger partial charge < -0.3 is 5.32 Å². The number of fused-ring (bicyclic) bond motifs is 1. The molecule has 0 aliphatic carbocycles. The van der Waals surface area contributed by atoms with Crippen molar-refractivity contribution in [3.05, 3.63) is 63.2 Å². The Morgan fingerprint density at radius 2 is 2.07 bits per heavy atom. The van der Waals surface area contributed by atoms with E-state index < -0.39 is 10.8 Å². The van der Waals surface area contributed by atoms with Gasteiger partial charge in [-0.2, -0.15) is 0 Å². The number of unbranched alkanes of at least 4 members (excludes halogenated alkanes) is 1. The fourth-order valence-corrected chi connectivity index (χ4v) is 4.05. The van der Waals surface area contributed by atoms with Crippen LogP contribution in [-0.4, -0.2) is 20.9 Å². The van der Waals surface area contributed by atoms with E-state index in [1.165, 1.54) is 35.1 Å². The summed E-state index contributed by atoms with van der Waals surface area (Å²) in [4.78, 5) is 27.3. The Bertz CT molecular complexity index is 1090. The summed E-state index contributed by atoms with van der Waals surface area (Å²) in [6.45, 7) is 3.75. The Kier molecular flexibility index (Phi) is 6.50. The number of amides is 1. The average molecular weight is 429 g/mol. The molecule has 0 bridgehead atoms. The minimum absolute atomic E-state index is 0.0324. The minimum Gasteiger partial charge on any atom is -0.308 e. The van der Waals surface area contributed by atoms with Gasteiger partial charge in [0.15, 0.2) is 10.2 Å². The normalized spacial score (nSPS) is 10.7. The van der Waals surface area contributed by atoms with Gasteiger partial charge in [0.1, 0.15) is 0 Å². The molecule has 2 N–H and O–H groups in total. The summed E-state index contributed by atoms with van der Waals surface area (Å²) in [5.41, 5.74) is 2.82. The van der Waals surface area contributed by atoms with Crippen LogP contribution in [0.3, 0.4) is 0 Å². The zero-order valence-electron chi connectivity index (χ0n) is 16.0. The van der Waals surface area contributed by atoms with Crippen LogP contribution in [0.2, 0.25) is 0 Å². The lowest BCUT2D eigenvalue weighted by Crippen LogP contribution is -2.34. The number of rotatable bonds is 6. The third-order valence-electron chi connectivity index (χ3n) is 4.38. The molecule has 1 aromatic heterocycles. The van der Waals surface area contributed by atoms with E-state index in [4.69, 9.17) is 12.2 Å². The Morgan fingerprint density at radius 3 is 2.76 bits per heavy atom. The predicted molar refractivity (Wildman–Crippen MR) is 120 cm³/mol. The fraction of sp³-hybridized carbons (Fsp3) is 0.250. The van der Waals surface area contributed by atoms with Crippen molar-refractivity contribution in [2.45, 2.75) is 33.1 Å². The first kappa shape index (κ1) is 20.8. The van der Waals surface area contributed by atoms with Crippen LogP contribution in [0.5, 0.6) is 0 Å². The van der Waals surface area contributed by atoms with Gasteiger partial charge in [0.25, 0.3) is 11.6 Å². The van der Waals surface area contributed by atoms with E-state index in [-0.39, 0.29) is 10.8 Å². The number of carbonyl (C=O) groups is 1. The van der Waals surface area contributed by atoms with Crippen LogP contribution in [0.4, 0.5) is 10.8 Å². The smallest absolute Gasteiger partial charge is 0.272 e. The SMILES string of the molecule is CCCCc1ccc2nc(NC(=S)NC(=O)c3ccc([N+](=O)[O-])c(C)c3)sc2c1. The standard InChI is InChI=1S/C20H20N4O3S2/c1-3-4-5-13-6-8-15-17(11-13)29-20(21-15)23-19(28)22-18(25)14-7-9-16(24(26)27)12(2)10-14/h6-11H,3-5H2,1-2H3,(H2,21,22,23,25,28). The van der Waals surface area contributed by atoms with Crippen LogP contribution in [0.15, 0.2) is 36.4 Å². The van der Waals surface area contributed by atoms with E-state index in [0.717, 1.165) is 29.5 Å². The summed E-state index contributed by atoms with van der Waals surface area (Å²) in [6, 6.07) is 10.4. The molecule has 150 valence electrons. The number of benzene rings is 2. The number of aryl methyl sites for hydroxylation is 2. The number of nitro benzene ring substituents is 1. The van der Waals surface area contributed by atoms with E-state index in [1.807, 2.05) is 6.07 Å². The highest BCUT2D eigenvalue weighted by Gasteiger charge is 2.15. The predicted octanol–water partition coefficient (Wildman–Crippen LogP) is 4.98. The number of thiocarbonyl (C=S) groups is 1. The number of hydrogen-bond acceptors (Lipinski definition) is 6. The van der Waals surface area contributed by atoms with Crippen molar-refractivity contribution in [1.29, 1.82) is 0 Å². The van der Waals surface area contributed by atoms with E-state index >= 15 is 0 Å². The first-order chi connectivity index (χ1) is 13.9. The monoisotopic (exact) mass is 428 g/mol. The molecule has 3 rings (SSSR count). The highest BCUT2D eigenvalue weighted by molar-refractivity contribution is 7.80. The van der Waals surface area contributed by atoms with Gasteiger partial charge in [0.05, 0.1) is 15.1 Å². The molecule has 0 atom stereocenters. The van der Waals surface area contributed by atoms with Gasteiger partial charge in [-0.15, -0.1) is 0 Å². The second kappa shape index (κ2) is 9.06. The van der Waals surface area contributed by atoms with Gasteiger partial charge in [0, 0.05) is 17.2 Å². The molecule has 0 fully saturated rings. The average Bonchev–Trinajstić information content (AvgIpc) is 3.06. The number of aromatic nitrogens is 1. The highest BCUT2D eigenvalue weighted by Crippen LogP contribution is 2.27. The summed E-state index contributed by atoms with van der Waals surface area (Å²) in [7, 11) is 0. The molecule has 0 radical (unpaired) electrons. The molecule has 0 saturated carbocycles. The van der Waals surface area contributed by atoms with Crippen LogP contribution in [0.25, 0.3) is 10.2 Å². The second-order valence-corrected chi connectivity index (χ2v) is 8.03. The van der Waals surface area contributed by atoms with Gasteiger partial charge in [0.2, 0.25) is 0 Å². The van der Waals surface area contributed by atoms with Gasteiger partial charge in [-0.05, 0) is 61.8 Å². The molecule has 1 heterocycles. The van der Waals surface area contributed by atoms with Crippen LogP contribution in [0.1, 0.15) is 41.3 Å². The molecule has 29 heavy (non-hydrogen) atoms. The van der Waals surface area contributed by atoms with E-state index in [0.29, 0.717) is 16.3 Å². The lowest BCUT2D eigenvalue weighted by atomic mass is 10.1. The topological polar surface area (TPSA) is 97.2 Å². The molecule has 0 aliphatic rings. The summed E-state index contributed by atoms with van der Waals surface area (Å²) in [6.07, 6.45) is 3.33. The lowest BCUT2D eigenvalue weighted by molar-refractivity contribution is -0.385. The Morgan fingerprint density at radius 1 is 1.28 bits per heavy atom. The summed E-state index contributed by atoms with van der Waals surface area (Å²) < 4.78 is 1.06. The molecule has 0 unspecified atom stereocenters. The Hall–Kier alpha value is -2.91. The fourth-order valence-electron chi connectivity index (χ4n) is 2.86. The van der Waals surface area contributed by atoms with Crippen molar-refractivity contribution in [3.8, 4) is 0 Å². The number of carbonyl (C=O) groups excluding carboxylic acids is 1. The number of nitrogens with zero attached hydrogens (tertiary/aromatic N) is 2. The summed E-state index contributed by atoms with van der Waals surface area (Å²) in [5.74, 6) is -0.441. The molecular weight excluding hydrogens is 408 g/mol. The molecule has 9 heteroatoms. The van der Waals surface area contributed by atoms with E-state index in [1.54, 1.807) is 6.92 Å². The quantitative estimate of drug-likeness (QED) is 0.326. The summed E-state index contributed by atoms with van der Waals surface area (Å²) in [5, 5.41) is 17.1. The largest absolute Gasteiger partial charge is 0.308 e. The van der Waals surface area contributed by atoms with Gasteiger partial charge in [-0.25, -0.2) is 4.98 Å². The molecule has 0 spiro atoms. The number of nitro groups is 1. The molecule has 1 amide bonds. The number of nitrogens with one attached hydrogen (secondary N) is 2. The third-order valence-corrected chi connectivity index (χ3v) is 5.51. The molecule has 7 nitrogen and oxygen atoms in total. The molecule has 0 saturated heterocycles. The second-order valence-electron chi connectivity index (χ2n) is 6.59. The van der Waals surface area contributed by atoms with Crippen LogP contribution < -0.4 is 10.6 Å². The molecule has 3 aromatic rings. The van der Waals surface area contributed by atoms with Crippen molar-refractivity contribution in [1.82, 2.24) is 10.3 Å². The molecule has 2 aromatic carbocycles. The van der Waals surface area contributed by atoms with E-state index in [2.05, 4.69) is 34.7 Å². The number of thiazole rings is 1. The van der Waals surface area contributed by atoms with Crippen molar-refractivity contribution in [2.24, 2.45) is 0 Å². The lowest BCUT2D eigenvalue weighted by Gasteiger charge is -2.07. The third kappa shape index (κ3) is 5.12. The summed E-state index contributed by atoms with van der Waals surface area (Å²) >= 11 is 6.68. The minimum atomic E-state index is -0.482. The maximum absolute atomic E-state index is 12.4. The first-order valence-electron chi connectivity index (χ1n) is 9.14. The number of anilines is 1. The maximum atomic E-state index is 12.4.